The van der Waals surface area contributed by atoms with Crippen molar-refractivity contribution in [2.24, 2.45) is 5.10 Å². The SMILES string of the molecule is Cc1nc(N)sc1C(=O)NN=Cc1ccccc1OCc1cccc(Cl)c1. The fraction of sp³-hybridized carbons (Fsp3) is 0.105. The summed E-state index contributed by atoms with van der Waals surface area (Å²) in [7, 11) is 0. The third-order valence-electron chi connectivity index (χ3n) is 3.59. The molecule has 0 radical (unpaired) electrons. The molecule has 0 aliphatic rings. The number of hydrogen-bond acceptors (Lipinski definition) is 6. The highest BCUT2D eigenvalue weighted by Crippen LogP contribution is 2.20. The topological polar surface area (TPSA) is 89.6 Å². The Hall–Kier alpha value is -2.90. The highest BCUT2D eigenvalue weighted by atomic mass is 35.5. The highest BCUT2D eigenvalue weighted by Gasteiger charge is 2.13. The Morgan fingerprint density at radius 1 is 1.33 bits per heavy atom. The minimum Gasteiger partial charge on any atom is -0.488 e. The summed E-state index contributed by atoms with van der Waals surface area (Å²) in [5.41, 5.74) is 10.4. The van der Waals surface area contributed by atoms with E-state index in [0.29, 0.717) is 33.1 Å². The van der Waals surface area contributed by atoms with E-state index in [9.17, 15) is 4.79 Å². The Kier molecular flexibility index (Phi) is 6.05. The van der Waals surface area contributed by atoms with Crippen LogP contribution in [0.25, 0.3) is 0 Å². The van der Waals surface area contributed by atoms with Crippen LogP contribution in [0.5, 0.6) is 5.75 Å². The summed E-state index contributed by atoms with van der Waals surface area (Å²) in [6.45, 7) is 2.10. The molecule has 2 aromatic carbocycles. The molecule has 0 fully saturated rings. The lowest BCUT2D eigenvalue weighted by Crippen LogP contribution is -2.17. The molecule has 8 heteroatoms. The Bertz CT molecular complexity index is 987. The van der Waals surface area contributed by atoms with Gasteiger partial charge < -0.3 is 10.5 Å². The van der Waals surface area contributed by atoms with Gasteiger partial charge in [0.15, 0.2) is 5.13 Å². The molecule has 3 N–H and O–H groups in total. The standard InChI is InChI=1S/C19H17ClN4O2S/c1-12-17(27-19(21)23-12)18(25)24-22-10-14-6-2-3-8-16(14)26-11-13-5-4-7-15(20)9-13/h2-10H,11H2,1H3,(H2,21,23)(H,24,25). The number of hydrogen-bond donors (Lipinski definition) is 2. The molecule has 1 heterocycles. The zero-order chi connectivity index (χ0) is 19.2. The van der Waals surface area contributed by atoms with Crippen LogP contribution in [0.4, 0.5) is 5.13 Å². The van der Waals surface area contributed by atoms with Crippen molar-refractivity contribution in [3.63, 3.8) is 0 Å². The number of anilines is 1. The number of nitrogens with zero attached hydrogens (tertiary/aromatic N) is 2. The maximum absolute atomic E-state index is 12.1. The van der Waals surface area contributed by atoms with Crippen molar-refractivity contribution in [3.05, 3.63) is 75.3 Å². The van der Waals surface area contributed by atoms with Crippen LogP contribution in [0.15, 0.2) is 53.6 Å². The van der Waals surface area contributed by atoms with Crippen LogP contribution in [-0.4, -0.2) is 17.1 Å². The number of nitrogen functional groups attached to an aromatic ring is 1. The van der Waals surface area contributed by atoms with E-state index < -0.39 is 0 Å². The first-order valence-corrected chi connectivity index (χ1v) is 9.25. The third-order valence-corrected chi connectivity index (χ3v) is 4.81. The molecule has 0 bridgehead atoms. The Labute approximate surface area is 165 Å². The van der Waals surface area contributed by atoms with Gasteiger partial charge in [-0.15, -0.1) is 0 Å². The van der Waals surface area contributed by atoms with E-state index in [1.165, 1.54) is 6.21 Å². The molecule has 0 saturated heterocycles. The molecule has 1 amide bonds. The van der Waals surface area contributed by atoms with Crippen LogP contribution in [0.2, 0.25) is 5.02 Å². The summed E-state index contributed by atoms with van der Waals surface area (Å²) < 4.78 is 5.86. The number of aromatic nitrogens is 1. The van der Waals surface area contributed by atoms with Crippen molar-refractivity contribution in [2.45, 2.75) is 13.5 Å². The normalized spacial score (nSPS) is 10.9. The van der Waals surface area contributed by atoms with Crippen LogP contribution in [0, 0.1) is 6.92 Å². The van der Waals surface area contributed by atoms with Crippen molar-refractivity contribution in [2.75, 3.05) is 5.73 Å². The predicted octanol–water partition coefficient (Wildman–Crippen LogP) is 4.03. The lowest BCUT2D eigenvalue weighted by atomic mass is 10.2. The van der Waals surface area contributed by atoms with E-state index >= 15 is 0 Å². The van der Waals surface area contributed by atoms with E-state index in [1.807, 2.05) is 48.5 Å². The van der Waals surface area contributed by atoms with Gasteiger partial charge >= 0.3 is 0 Å². The summed E-state index contributed by atoms with van der Waals surface area (Å²) in [5.74, 6) is 0.295. The second-order valence-electron chi connectivity index (χ2n) is 5.62. The lowest BCUT2D eigenvalue weighted by molar-refractivity contribution is 0.0958. The van der Waals surface area contributed by atoms with Crippen molar-refractivity contribution in [1.29, 1.82) is 0 Å². The molecule has 138 valence electrons. The molecule has 0 aliphatic carbocycles. The Morgan fingerprint density at radius 3 is 2.89 bits per heavy atom. The third kappa shape index (κ3) is 5.06. The van der Waals surface area contributed by atoms with Gasteiger partial charge in [0.1, 0.15) is 17.2 Å². The van der Waals surface area contributed by atoms with E-state index in [2.05, 4.69) is 15.5 Å². The first-order chi connectivity index (χ1) is 13.0. The van der Waals surface area contributed by atoms with E-state index in [1.54, 1.807) is 6.92 Å². The number of hydrazone groups is 1. The average molecular weight is 401 g/mol. The fourth-order valence-electron chi connectivity index (χ4n) is 2.35. The number of halogens is 1. The number of carbonyl (C=O) groups is 1. The Morgan fingerprint density at radius 2 is 2.15 bits per heavy atom. The van der Waals surface area contributed by atoms with Gasteiger partial charge in [0.2, 0.25) is 0 Å². The van der Waals surface area contributed by atoms with Gasteiger partial charge in [-0.2, -0.15) is 5.10 Å². The van der Waals surface area contributed by atoms with E-state index in [-0.39, 0.29) is 5.91 Å². The molecule has 6 nitrogen and oxygen atoms in total. The maximum atomic E-state index is 12.1. The molecule has 0 saturated carbocycles. The highest BCUT2D eigenvalue weighted by molar-refractivity contribution is 7.17. The second-order valence-corrected chi connectivity index (χ2v) is 7.09. The minimum absolute atomic E-state index is 0.349. The molecule has 3 rings (SSSR count). The van der Waals surface area contributed by atoms with Gasteiger partial charge in [0, 0.05) is 10.6 Å². The minimum atomic E-state index is -0.352. The second kappa shape index (κ2) is 8.66. The fourth-order valence-corrected chi connectivity index (χ4v) is 3.28. The van der Waals surface area contributed by atoms with Crippen LogP contribution in [0.3, 0.4) is 0 Å². The Balaban J connectivity index is 1.65. The van der Waals surface area contributed by atoms with E-state index in [4.69, 9.17) is 22.1 Å². The van der Waals surface area contributed by atoms with Gasteiger partial charge in [-0.1, -0.05) is 47.2 Å². The van der Waals surface area contributed by atoms with Crippen LogP contribution < -0.4 is 15.9 Å². The van der Waals surface area contributed by atoms with Crippen molar-refractivity contribution < 1.29 is 9.53 Å². The molecule has 3 aromatic rings. The first-order valence-electron chi connectivity index (χ1n) is 8.05. The number of ether oxygens (including phenoxy) is 1. The summed E-state index contributed by atoms with van der Waals surface area (Å²) in [6, 6.07) is 14.9. The molecule has 1 aromatic heterocycles. The van der Waals surface area contributed by atoms with Crippen molar-refractivity contribution in [3.8, 4) is 5.75 Å². The van der Waals surface area contributed by atoms with Gasteiger partial charge in [-0.3, -0.25) is 4.79 Å². The number of amides is 1. The number of aryl methyl sites for hydroxylation is 1. The number of thiazole rings is 1. The molecule has 0 atom stereocenters. The van der Waals surface area contributed by atoms with Gasteiger partial charge in [-0.05, 0) is 36.8 Å². The number of rotatable bonds is 6. The molecule has 0 unspecified atom stereocenters. The molecule has 27 heavy (non-hydrogen) atoms. The van der Waals surface area contributed by atoms with Crippen molar-refractivity contribution in [1.82, 2.24) is 10.4 Å². The molecular formula is C19H17ClN4O2S. The summed E-state index contributed by atoms with van der Waals surface area (Å²) in [5, 5.41) is 5.02. The van der Waals surface area contributed by atoms with E-state index in [0.717, 1.165) is 22.5 Å². The molecule has 0 aliphatic heterocycles. The summed E-state index contributed by atoms with van der Waals surface area (Å²) >= 11 is 7.11. The van der Waals surface area contributed by atoms with Crippen LogP contribution >= 0.6 is 22.9 Å². The van der Waals surface area contributed by atoms with Crippen molar-refractivity contribution >= 4 is 40.2 Å². The number of para-hydroxylation sites is 1. The number of carbonyl (C=O) groups excluding carboxylic acids is 1. The monoisotopic (exact) mass is 400 g/mol. The lowest BCUT2D eigenvalue weighted by Gasteiger charge is -2.09. The predicted molar refractivity (Wildman–Crippen MR) is 109 cm³/mol. The van der Waals surface area contributed by atoms with Crippen LogP contribution in [0.1, 0.15) is 26.5 Å². The van der Waals surface area contributed by atoms with Gasteiger partial charge in [0.05, 0.1) is 11.9 Å². The summed E-state index contributed by atoms with van der Waals surface area (Å²) in [6.07, 6.45) is 1.53. The molecular weight excluding hydrogens is 384 g/mol. The van der Waals surface area contributed by atoms with Gasteiger partial charge in [0.25, 0.3) is 5.91 Å². The van der Waals surface area contributed by atoms with Gasteiger partial charge in [-0.25, -0.2) is 10.4 Å². The molecule has 0 spiro atoms. The first kappa shape index (κ1) is 18.9. The zero-order valence-corrected chi connectivity index (χ0v) is 16.1. The average Bonchev–Trinajstić information content (AvgIpc) is 2.99. The number of nitrogens with two attached hydrogens (primary N) is 1. The summed E-state index contributed by atoms with van der Waals surface area (Å²) in [4.78, 5) is 16.6. The maximum Gasteiger partial charge on any atom is 0.283 e. The smallest absolute Gasteiger partial charge is 0.283 e. The largest absolute Gasteiger partial charge is 0.488 e. The zero-order valence-electron chi connectivity index (χ0n) is 14.5. The van der Waals surface area contributed by atoms with Crippen LogP contribution in [-0.2, 0) is 6.61 Å². The number of nitrogens with one attached hydrogen (secondary N) is 1. The quantitative estimate of drug-likeness (QED) is 0.483. The number of benzene rings is 2.